The molecule has 174 valence electrons. The van der Waals surface area contributed by atoms with Gasteiger partial charge in [-0.2, -0.15) is 18.3 Å². The average Bonchev–Trinajstić information content (AvgIpc) is 3.09. The van der Waals surface area contributed by atoms with Crippen molar-refractivity contribution < 1.29 is 21.6 Å². The van der Waals surface area contributed by atoms with Crippen LogP contribution in [0.1, 0.15) is 50.8 Å². The molecule has 0 saturated carbocycles. The van der Waals surface area contributed by atoms with Gasteiger partial charge in [0.25, 0.3) is 0 Å². The summed E-state index contributed by atoms with van der Waals surface area (Å²) in [6, 6.07) is 15.7. The molecule has 3 aromatic rings. The third-order valence-corrected chi connectivity index (χ3v) is 6.75. The van der Waals surface area contributed by atoms with Gasteiger partial charge in [0.2, 0.25) is 10.0 Å². The molecule has 0 spiro atoms. The Morgan fingerprint density at radius 3 is 2.28 bits per heavy atom. The highest BCUT2D eigenvalue weighted by atomic mass is 32.2. The van der Waals surface area contributed by atoms with Crippen molar-refractivity contribution in [1.29, 1.82) is 0 Å². The van der Waals surface area contributed by atoms with E-state index in [4.69, 9.17) is 0 Å². The summed E-state index contributed by atoms with van der Waals surface area (Å²) in [6.07, 6.45) is -3.00. The van der Waals surface area contributed by atoms with Crippen molar-refractivity contribution in [2.45, 2.75) is 45.8 Å². The van der Waals surface area contributed by atoms with Crippen LogP contribution in [0.2, 0.25) is 0 Å². The van der Waals surface area contributed by atoms with E-state index >= 15 is 0 Å². The van der Waals surface area contributed by atoms with E-state index in [0.717, 1.165) is 22.0 Å². The number of hydrogen-bond acceptors (Lipinski definition) is 3. The maximum absolute atomic E-state index is 12.6. The summed E-state index contributed by atoms with van der Waals surface area (Å²) in [4.78, 5) is 0. The first-order valence-corrected chi connectivity index (χ1v) is 12.0. The molecule has 0 amide bonds. The zero-order chi connectivity index (χ0) is 23.7. The molecule has 1 unspecified atom stereocenters. The summed E-state index contributed by atoms with van der Waals surface area (Å²) in [5.74, 6) is -2.16. The van der Waals surface area contributed by atoms with Crippen molar-refractivity contribution in [3.05, 3.63) is 65.9 Å². The average molecular weight is 468 g/mol. The van der Waals surface area contributed by atoms with Gasteiger partial charge in [-0.05, 0) is 42.5 Å². The number of sulfonamides is 1. The van der Waals surface area contributed by atoms with Crippen LogP contribution in [0.5, 0.6) is 0 Å². The van der Waals surface area contributed by atoms with Crippen LogP contribution in [-0.4, -0.2) is 36.7 Å². The molecule has 0 saturated heterocycles. The maximum atomic E-state index is 12.6. The molecule has 0 fully saturated rings. The Hall–Kier alpha value is -2.39. The van der Waals surface area contributed by atoms with Crippen LogP contribution in [0.3, 0.4) is 0 Å². The summed E-state index contributed by atoms with van der Waals surface area (Å²) in [6.45, 7) is 7.64. The summed E-state index contributed by atoms with van der Waals surface area (Å²) < 4.78 is 66.0. The fourth-order valence-electron chi connectivity index (χ4n) is 4.07. The minimum atomic E-state index is -4.80. The van der Waals surface area contributed by atoms with E-state index < -0.39 is 27.4 Å². The summed E-state index contributed by atoms with van der Waals surface area (Å²) in [7, 11) is -4.50. The molecule has 9 heteroatoms. The summed E-state index contributed by atoms with van der Waals surface area (Å²) in [5.41, 5.74) is 2.15. The smallest absolute Gasteiger partial charge is 0.262 e. The second kappa shape index (κ2) is 8.86. The lowest BCUT2D eigenvalue weighted by Gasteiger charge is -2.35. The Kier molecular flexibility index (Phi) is 6.72. The number of benzene rings is 2. The third kappa shape index (κ3) is 5.69. The Labute approximate surface area is 186 Å². The molecule has 2 aromatic carbocycles. The SMILES string of the molecule is CC(C)n1ncc2cc(C(c3ccccc3)C(C)(C)CNS(=O)(=O)CC(F)(F)F)ccc21. The van der Waals surface area contributed by atoms with Crippen LogP contribution in [0.15, 0.2) is 54.7 Å². The van der Waals surface area contributed by atoms with E-state index in [2.05, 4.69) is 9.82 Å². The first-order chi connectivity index (χ1) is 14.8. The molecule has 32 heavy (non-hydrogen) atoms. The maximum Gasteiger partial charge on any atom is 0.404 e. The van der Waals surface area contributed by atoms with Crippen molar-refractivity contribution in [2.24, 2.45) is 5.41 Å². The Bertz CT molecular complexity index is 1170. The molecule has 0 aliphatic rings. The van der Waals surface area contributed by atoms with E-state index in [0.29, 0.717) is 0 Å². The van der Waals surface area contributed by atoms with Crippen LogP contribution < -0.4 is 4.72 Å². The van der Waals surface area contributed by atoms with Crippen LogP contribution in [0.25, 0.3) is 10.9 Å². The van der Waals surface area contributed by atoms with Gasteiger partial charge in [0.05, 0.1) is 11.7 Å². The highest BCUT2D eigenvalue weighted by Gasteiger charge is 2.38. The number of nitrogens with zero attached hydrogens (tertiary/aromatic N) is 2. The van der Waals surface area contributed by atoms with Crippen LogP contribution >= 0.6 is 0 Å². The second-order valence-corrected chi connectivity index (χ2v) is 10.8. The molecule has 3 rings (SSSR count). The topological polar surface area (TPSA) is 64.0 Å². The van der Waals surface area contributed by atoms with Crippen LogP contribution in [-0.2, 0) is 10.0 Å². The Morgan fingerprint density at radius 1 is 1.03 bits per heavy atom. The number of aromatic nitrogens is 2. The van der Waals surface area contributed by atoms with Gasteiger partial charge in [-0.3, -0.25) is 4.68 Å². The minimum Gasteiger partial charge on any atom is -0.262 e. The van der Waals surface area contributed by atoms with Crippen molar-refractivity contribution in [3.8, 4) is 0 Å². The molecule has 0 bridgehead atoms. The van der Waals surface area contributed by atoms with E-state index in [9.17, 15) is 21.6 Å². The zero-order valence-corrected chi connectivity index (χ0v) is 19.3. The molecule has 5 nitrogen and oxygen atoms in total. The lowest BCUT2D eigenvalue weighted by atomic mass is 9.71. The summed E-state index contributed by atoms with van der Waals surface area (Å²) in [5, 5.41) is 5.40. The van der Waals surface area contributed by atoms with Crippen molar-refractivity contribution in [2.75, 3.05) is 12.3 Å². The number of fused-ring (bicyclic) bond motifs is 1. The van der Waals surface area contributed by atoms with E-state index in [1.807, 2.05) is 80.9 Å². The van der Waals surface area contributed by atoms with Gasteiger partial charge < -0.3 is 0 Å². The largest absolute Gasteiger partial charge is 0.404 e. The second-order valence-electron chi connectivity index (χ2n) is 9.03. The lowest BCUT2D eigenvalue weighted by Crippen LogP contribution is -2.41. The normalized spacial score (nSPS) is 14.2. The number of rotatable bonds is 8. The predicted octanol–water partition coefficient (Wildman–Crippen LogP) is 5.26. The van der Waals surface area contributed by atoms with Gasteiger partial charge in [-0.25, -0.2) is 13.1 Å². The molecule has 1 aromatic heterocycles. The first-order valence-electron chi connectivity index (χ1n) is 10.4. The van der Waals surface area contributed by atoms with Gasteiger partial charge in [0.15, 0.2) is 5.75 Å². The minimum absolute atomic E-state index is 0.145. The molecular formula is C23H28F3N3O2S. The van der Waals surface area contributed by atoms with Gasteiger partial charge in [0, 0.05) is 23.9 Å². The molecule has 1 heterocycles. The van der Waals surface area contributed by atoms with Crippen molar-refractivity contribution in [3.63, 3.8) is 0 Å². The number of alkyl halides is 3. The molecule has 1 N–H and O–H groups in total. The van der Waals surface area contributed by atoms with Gasteiger partial charge in [0.1, 0.15) is 0 Å². The monoisotopic (exact) mass is 467 g/mol. The lowest BCUT2D eigenvalue weighted by molar-refractivity contribution is -0.106. The fraction of sp³-hybridized carbons (Fsp3) is 0.435. The zero-order valence-electron chi connectivity index (χ0n) is 18.5. The standard InChI is InChI=1S/C23H28F3N3O2S/c1-16(2)29-20-11-10-18(12-19(20)13-27-29)21(17-8-6-5-7-9-17)22(3,4)14-28-32(30,31)15-23(24,25)26/h5-13,16,21,28H,14-15H2,1-4H3. The fourth-order valence-corrected chi connectivity index (χ4v) is 5.19. The van der Waals surface area contributed by atoms with Gasteiger partial charge in [-0.1, -0.05) is 50.2 Å². The molecule has 0 aliphatic carbocycles. The molecule has 0 radical (unpaired) electrons. The molecule has 0 aliphatic heterocycles. The van der Waals surface area contributed by atoms with Crippen molar-refractivity contribution >= 4 is 20.9 Å². The van der Waals surface area contributed by atoms with E-state index in [1.54, 1.807) is 6.20 Å². The highest BCUT2D eigenvalue weighted by Crippen LogP contribution is 2.41. The van der Waals surface area contributed by atoms with Crippen molar-refractivity contribution in [1.82, 2.24) is 14.5 Å². The summed E-state index contributed by atoms with van der Waals surface area (Å²) >= 11 is 0. The Balaban J connectivity index is 1.99. The quantitative estimate of drug-likeness (QED) is 0.492. The number of halogens is 3. The molecular weight excluding hydrogens is 439 g/mol. The number of nitrogens with one attached hydrogen (secondary N) is 1. The van der Waals surface area contributed by atoms with E-state index in [-0.39, 0.29) is 18.5 Å². The van der Waals surface area contributed by atoms with Gasteiger partial charge >= 0.3 is 6.18 Å². The highest BCUT2D eigenvalue weighted by molar-refractivity contribution is 7.89. The predicted molar refractivity (Wildman–Crippen MR) is 120 cm³/mol. The van der Waals surface area contributed by atoms with E-state index in [1.165, 1.54) is 0 Å². The molecule has 1 atom stereocenters. The van der Waals surface area contributed by atoms with Crippen LogP contribution in [0.4, 0.5) is 13.2 Å². The Morgan fingerprint density at radius 2 is 1.69 bits per heavy atom. The first kappa shape index (κ1) is 24.3. The number of hydrogen-bond donors (Lipinski definition) is 1. The van der Waals surface area contributed by atoms with Gasteiger partial charge in [-0.15, -0.1) is 0 Å². The third-order valence-electron chi connectivity index (χ3n) is 5.46. The van der Waals surface area contributed by atoms with Crippen LogP contribution in [0, 0.1) is 5.41 Å².